The molecule has 4 rings (SSSR count). The second-order valence-electron chi connectivity index (χ2n) is 10.7. The Kier molecular flexibility index (Phi) is 6.40. The Bertz CT molecular complexity index is 889. The third kappa shape index (κ3) is 3.59. The number of esters is 1. The number of thiazole rings is 1. The van der Waals surface area contributed by atoms with Gasteiger partial charge in [0.2, 0.25) is 0 Å². The summed E-state index contributed by atoms with van der Waals surface area (Å²) in [7, 11) is 0. The average molecular weight is 478 g/mol. The lowest BCUT2D eigenvalue weighted by atomic mass is 9.44. The molecule has 176 valence electrons. The molecule has 1 aromatic rings. The zero-order chi connectivity index (χ0) is 23.3. The first kappa shape index (κ1) is 24.0. The number of aromatic nitrogens is 1. The molecule has 5 nitrogen and oxygen atoms in total. The van der Waals surface area contributed by atoms with Gasteiger partial charge in [0, 0.05) is 34.7 Å². The number of ketones is 1. The van der Waals surface area contributed by atoms with Crippen molar-refractivity contribution in [3.63, 3.8) is 0 Å². The van der Waals surface area contributed by atoms with Crippen LogP contribution in [0, 0.1) is 34.0 Å². The highest BCUT2D eigenvalue weighted by molar-refractivity contribution is 8.01. The molecule has 0 spiro atoms. The zero-order valence-electron chi connectivity index (χ0n) is 19.5. The predicted molar refractivity (Wildman–Crippen MR) is 127 cm³/mol. The van der Waals surface area contributed by atoms with Gasteiger partial charge in [-0.25, -0.2) is 4.98 Å². The number of nitrogens with zero attached hydrogens (tertiary/aromatic N) is 1. The van der Waals surface area contributed by atoms with E-state index in [0.29, 0.717) is 12.8 Å². The normalized spacial score (nSPS) is 43.8. The van der Waals surface area contributed by atoms with Crippen LogP contribution >= 0.6 is 23.1 Å². The first-order chi connectivity index (χ1) is 15.1. The molecular formula is C25H35NO4S2. The number of thioether (sulfide) groups is 1. The van der Waals surface area contributed by atoms with Crippen molar-refractivity contribution >= 4 is 34.9 Å². The Morgan fingerprint density at radius 1 is 1.41 bits per heavy atom. The molecule has 7 heteroatoms. The van der Waals surface area contributed by atoms with Crippen molar-refractivity contribution in [3.8, 4) is 0 Å². The number of hydrogen-bond donors (Lipinski definition) is 1. The molecule has 8 atom stereocenters. The van der Waals surface area contributed by atoms with Gasteiger partial charge < -0.3 is 9.84 Å². The molecule has 0 unspecified atom stereocenters. The van der Waals surface area contributed by atoms with Crippen LogP contribution in [-0.2, 0) is 14.3 Å². The predicted octanol–water partition coefficient (Wildman–Crippen LogP) is 5.14. The van der Waals surface area contributed by atoms with Gasteiger partial charge in [0.15, 0.2) is 0 Å². The summed E-state index contributed by atoms with van der Waals surface area (Å²) in [6, 6.07) is 0. The number of carbonyl (C=O) groups excluding carboxylic acids is 2. The molecule has 0 aliphatic heterocycles. The topological polar surface area (TPSA) is 76.5 Å². The van der Waals surface area contributed by atoms with E-state index in [4.69, 9.17) is 4.74 Å². The fourth-order valence-corrected chi connectivity index (χ4v) is 8.52. The minimum atomic E-state index is -0.641. The Morgan fingerprint density at radius 2 is 2.16 bits per heavy atom. The number of aliphatic hydroxyl groups is 1. The van der Waals surface area contributed by atoms with Crippen LogP contribution in [0.25, 0.3) is 0 Å². The number of aliphatic hydroxyl groups excluding tert-OH is 1. The molecule has 2 bridgehead atoms. The van der Waals surface area contributed by atoms with Gasteiger partial charge in [0.25, 0.3) is 0 Å². The smallest absolute Gasteiger partial charge is 0.316 e. The van der Waals surface area contributed by atoms with E-state index >= 15 is 0 Å². The quantitative estimate of drug-likeness (QED) is 0.359. The van der Waals surface area contributed by atoms with Gasteiger partial charge in [0.1, 0.15) is 16.2 Å². The third-order valence-electron chi connectivity index (χ3n) is 9.30. The summed E-state index contributed by atoms with van der Waals surface area (Å²) in [6.07, 6.45) is 6.20. The largest absolute Gasteiger partial charge is 0.461 e. The highest BCUT2D eigenvalue weighted by Gasteiger charge is 2.68. The van der Waals surface area contributed by atoms with Crippen LogP contribution in [0.1, 0.15) is 59.8 Å². The van der Waals surface area contributed by atoms with Gasteiger partial charge >= 0.3 is 5.97 Å². The molecular weight excluding hydrogens is 442 g/mol. The summed E-state index contributed by atoms with van der Waals surface area (Å²) in [5, 5.41) is 13.4. The number of ether oxygens (including phenoxy) is 1. The van der Waals surface area contributed by atoms with Crippen LogP contribution in [0.5, 0.6) is 0 Å². The first-order valence-corrected chi connectivity index (χ1v) is 13.5. The fourth-order valence-electron chi connectivity index (χ4n) is 7.10. The second-order valence-corrected chi connectivity index (χ2v) is 12.8. The summed E-state index contributed by atoms with van der Waals surface area (Å²) >= 11 is 2.88. The van der Waals surface area contributed by atoms with E-state index < -0.39 is 23.0 Å². The molecule has 1 aromatic heterocycles. The highest BCUT2D eigenvalue weighted by atomic mass is 32.2. The monoisotopic (exact) mass is 477 g/mol. The number of rotatable bonds is 5. The third-order valence-corrected chi connectivity index (χ3v) is 11.2. The van der Waals surface area contributed by atoms with Gasteiger partial charge in [-0.2, -0.15) is 0 Å². The van der Waals surface area contributed by atoms with Crippen LogP contribution in [0.4, 0.5) is 0 Å². The molecule has 3 fully saturated rings. The van der Waals surface area contributed by atoms with Crippen LogP contribution in [0.15, 0.2) is 28.6 Å². The lowest BCUT2D eigenvalue weighted by Gasteiger charge is -2.61. The van der Waals surface area contributed by atoms with Crippen molar-refractivity contribution in [1.29, 1.82) is 0 Å². The maximum atomic E-state index is 13.4. The SMILES string of the molecule is C=C[C@]1(C)C[C@@H](OC(=O)CSc2nccs2)[C@]2(C)[C@H](C)CC[C@]3(CCC(=O)[C@H]32)[C@@H](C)[C@@H]1O. The molecule has 1 heterocycles. The average Bonchev–Trinajstić information content (AvgIpc) is 3.41. The van der Waals surface area contributed by atoms with E-state index in [1.807, 2.05) is 18.4 Å². The van der Waals surface area contributed by atoms with E-state index in [1.165, 1.54) is 23.1 Å². The van der Waals surface area contributed by atoms with Crippen LogP contribution in [-0.4, -0.2) is 39.8 Å². The highest BCUT2D eigenvalue weighted by Crippen LogP contribution is 2.68. The van der Waals surface area contributed by atoms with Gasteiger partial charge in [-0.1, -0.05) is 45.5 Å². The second kappa shape index (κ2) is 8.55. The van der Waals surface area contributed by atoms with Gasteiger partial charge in [-0.05, 0) is 42.9 Å². The Hall–Kier alpha value is -1.18. The fraction of sp³-hybridized carbons (Fsp3) is 0.720. The maximum Gasteiger partial charge on any atom is 0.316 e. The van der Waals surface area contributed by atoms with Crippen molar-refractivity contribution in [3.05, 3.63) is 24.2 Å². The standard InChI is InChI=1S/C25H35NO4S2/c1-6-23(4)13-18(30-19(28)14-32-22-26-11-12-31-22)24(5)15(2)7-9-25(16(3)21(23)29)10-8-17(27)20(24)25/h6,11-12,15-16,18,20-21,29H,1,7-10,13-14H2,2-5H3/t15-,16+,18-,20+,21+,23-,24+,25+/m1/s1. The zero-order valence-corrected chi connectivity index (χ0v) is 21.1. The molecule has 3 aliphatic carbocycles. The van der Waals surface area contributed by atoms with E-state index in [2.05, 4.69) is 32.3 Å². The molecule has 0 saturated heterocycles. The molecule has 1 N–H and O–H groups in total. The van der Waals surface area contributed by atoms with Crippen molar-refractivity contribution in [2.24, 2.45) is 34.0 Å². The summed E-state index contributed by atoms with van der Waals surface area (Å²) in [5.74, 6) is 0.192. The van der Waals surface area contributed by atoms with Crippen molar-refractivity contribution in [2.75, 3.05) is 5.75 Å². The molecule has 0 radical (unpaired) electrons. The van der Waals surface area contributed by atoms with Gasteiger partial charge in [0.05, 0.1) is 11.9 Å². The van der Waals surface area contributed by atoms with Gasteiger partial charge in [-0.15, -0.1) is 17.9 Å². The Labute approximate surface area is 199 Å². The van der Waals surface area contributed by atoms with Crippen molar-refractivity contribution in [2.45, 2.75) is 76.3 Å². The minimum absolute atomic E-state index is 0.0223. The van der Waals surface area contributed by atoms with E-state index in [0.717, 1.165) is 23.6 Å². The van der Waals surface area contributed by atoms with E-state index in [-0.39, 0.29) is 40.7 Å². The van der Waals surface area contributed by atoms with E-state index in [1.54, 1.807) is 6.20 Å². The summed E-state index contributed by atoms with van der Waals surface area (Å²) in [5.41, 5.74) is -1.32. The van der Waals surface area contributed by atoms with Crippen molar-refractivity contribution in [1.82, 2.24) is 4.98 Å². The molecule has 0 aromatic carbocycles. The van der Waals surface area contributed by atoms with Crippen molar-refractivity contribution < 1.29 is 19.4 Å². The summed E-state index contributed by atoms with van der Waals surface area (Å²) in [4.78, 5) is 30.6. The van der Waals surface area contributed by atoms with Gasteiger partial charge in [-0.3, -0.25) is 9.59 Å². The minimum Gasteiger partial charge on any atom is -0.461 e. The van der Waals surface area contributed by atoms with Crippen LogP contribution in [0.3, 0.4) is 0 Å². The Balaban J connectivity index is 1.72. The molecule has 0 amide bonds. The van der Waals surface area contributed by atoms with Crippen LogP contribution in [0.2, 0.25) is 0 Å². The maximum absolute atomic E-state index is 13.4. The molecule has 3 aliphatic rings. The molecule has 3 saturated carbocycles. The Morgan fingerprint density at radius 3 is 2.81 bits per heavy atom. The number of hydrogen-bond acceptors (Lipinski definition) is 7. The lowest BCUT2D eigenvalue weighted by Crippen LogP contribution is -2.63. The number of carbonyl (C=O) groups is 2. The molecule has 32 heavy (non-hydrogen) atoms. The summed E-state index contributed by atoms with van der Waals surface area (Å²) < 4.78 is 7.06. The summed E-state index contributed by atoms with van der Waals surface area (Å²) in [6.45, 7) is 12.6. The number of Topliss-reactive ketones (excluding diaryl/α,β-unsaturated/α-hetero) is 1. The lowest BCUT2D eigenvalue weighted by molar-refractivity contribution is -0.205. The van der Waals surface area contributed by atoms with Crippen LogP contribution < -0.4 is 0 Å². The first-order valence-electron chi connectivity index (χ1n) is 11.6. The van der Waals surface area contributed by atoms with E-state index in [9.17, 15) is 14.7 Å².